The first-order chi connectivity index (χ1) is 16.2. The Hall–Kier alpha value is -3.98. The van der Waals surface area contributed by atoms with Crippen LogP contribution in [-0.2, 0) is 0 Å². The number of aryl methyl sites for hydroxylation is 2. The molecule has 174 valence electrons. The van der Waals surface area contributed by atoms with E-state index in [1.165, 1.54) is 18.2 Å². The molecule has 0 aliphatic carbocycles. The minimum absolute atomic E-state index is 0.0737. The first-order valence-corrected chi connectivity index (χ1v) is 10.8. The van der Waals surface area contributed by atoms with E-state index in [2.05, 4.69) is 25.7 Å². The van der Waals surface area contributed by atoms with Gasteiger partial charge in [0, 0.05) is 23.1 Å². The number of rotatable bonds is 5. The summed E-state index contributed by atoms with van der Waals surface area (Å²) in [6.07, 6.45) is 0. The number of nitrogens with zero attached hydrogens (tertiary/aromatic N) is 4. The number of urea groups is 1. The molecule has 8 nitrogen and oxygen atoms in total. The molecule has 0 aliphatic rings. The van der Waals surface area contributed by atoms with Crippen LogP contribution in [0.4, 0.5) is 20.6 Å². The highest BCUT2D eigenvalue weighted by Crippen LogP contribution is 2.25. The third kappa shape index (κ3) is 5.15. The first kappa shape index (κ1) is 23.2. The average Bonchev–Trinajstić information content (AvgIpc) is 3.04. The molecule has 0 saturated carbocycles. The zero-order valence-corrected chi connectivity index (χ0v) is 19.7. The van der Waals surface area contributed by atoms with Gasteiger partial charge in [0.25, 0.3) is 0 Å². The Morgan fingerprint density at radius 2 is 1.65 bits per heavy atom. The van der Waals surface area contributed by atoms with Gasteiger partial charge in [-0.2, -0.15) is 10.1 Å². The van der Waals surface area contributed by atoms with Crippen molar-refractivity contribution in [2.75, 3.05) is 10.6 Å². The Balaban J connectivity index is 1.44. The van der Waals surface area contributed by atoms with Crippen LogP contribution < -0.4 is 15.4 Å². The average molecular weight is 481 g/mol. The van der Waals surface area contributed by atoms with Gasteiger partial charge in [-0.3, -0.25) is 0 Å². The van der Waals surface area contributed by atoms with Crippen molar-refractivity contribution in [2.45, 2.75) is 27.7 Å². The lowest BCUT2D eigenvalue weighted by atomic mass is 10.2. The van der Waals surface area contributed by atoms with Gasteiger partial charge in [-0.25, -0.2) is 18.9 Å². The fraction of sp³-hybridized carbons (Fsp3) is 0.167. The largest absolute Gasteiger partial charge is 0.439 e. The highest BCUT2D eigenvalue weighted by atomic mass is 35.5. The molecule has 0 spiro atoms. The molecule has 0 saturated heterocycles. The normalized spacial score (nSPS) is 10.8. The van der Waals surface area contributed by atoms with Crippen molar-refractivity contribution in [3.8, 4) is 17.4 Å². The minimum Gasteiger partial charge on any atom is -0.439 e. The van der Waals surface area contributed by atoms with E-state index in [4.69, 9.17) is 16.3 Å². The summed E-state index contributed by atoms with van der Waals surface area (Å²) < 4.78 is 20.9. The molecule has 0 aliphatic heterocycles. The van der Waals surface area contributed by atoms with Crippen LogP contribution in [0.2, 0.25) is 5.02 Å². The van der Waals surface area contributed by atoms with E-state index in [1.54, 1.807) is 41.9 Å². The second-order valence-electron chi connectivity index (χ2n) is 7.65. The SMILES string of the molecule is Cc1nc(Oc2ccc(NC(=O)Nc3ccc(F)c(Cl)c3)cc2)cc(-n2nc(C)c(C)c2C)n1. The third-order valence-corrected chi connectivity index (χ3v) is 5.47. The maximum atomic E-state index is 13.3. The summed E-state index contributed by atoms with van der Waals surface area (Å²) in [6, 6.07) is 11.9. The standard InChI is InChI=1S/C24H22ClFN6O2/c1-13-14(2)31-32(15(13)3)22-12-23(28-16(4)27-22)34-19-8-5-17(6-9-19)29-24(33)30-18-7-10-21(26)20(25)11-18/h5-12H,1-4H3,(H2,29,30,33). The molecule has 2 amide bonds. The monoisotopic (exact) mass is 480 g/mol. The van der Waals surface area contributed by atoms with Gasteiger partial charge in [0.2, 0.25) is 5.88 Å². The molecule has 0 radical (unpaired) electrons. The molecule has 2 heterocycles. The van der Waals surface area contributed by atoms with Crippen LogP contribution in [0.25, 0.3) is 5.82 Å². The molecule has 4 aromatic rings. The summed E-state index contributed by atoms with van der Waals surface area (Å²) in [4.78, 5) is 21.0. The number of nitrogens with one attached hydrogen (secondary N) is 2. The molecule has 0 atom stereocenters. The molecule has 0 bridgehead atoms. The molecular weight excluding hydrogens is 459 g/mol. The van der Waals surface area contributed by atoms with Gasteiger partial charge in [-0.1, -0.05) is 11.6 Å². The predicted molar refractivity (Wildman–Crippen MR) is 129 cm³/mol. The van der Waals surface area contributed by atoms with Crippen LogP contribution in [0.3, 0.4) is 0 Å². The number of anilines is 2. The Morgan fingerprint density at radius 1 is 0.971 bits per heavy atom. The maximum absolute atomic E-state index is 13.3. The number of benzene rings is 2. The summed E-state index contributed by atoms with van der Waals surface area (Å²) in [6.45, 7) is 7.74. The lowest BCUT2D eigenvalue weighted by molar-refractivity contribution is 0.262. The van der Waals surface area contributed by atoms with Crippen LogP contribution in [0.1, 0.15) is 22.8 Å². The van der Waals surface area contributed by atoms with Gasteiger partial charge < -0.3 is 15.4 Å². The highest BCUT2D eigenvalue weighted by molar-refractivity contribution is 6.31. The predicted octanol–water partition coefficient (Wildman–Crippen LogP) is 6.12. The number of hydrogen-bond donors (Lipinski definition) is 2. The fourth-order valence-electron chi connectivity index (χ4n) is 3.22. The molecule has 34 heavy (non-hydrogen) atoms. The fourth-order valence-corrected chi connectivity index (χ4v) is 3.40. The van der Waals surface area contributed by atoms with E-state index < -0.39 is 11.8 Å². The maximum Gasteiger partial charge on any atom is 0.323 e. The second kappa shape index (κ2) is 9.48. The first-order valence-electron chi connectivity index (χ1n) is 10.4. The van der Waals surface area contributed by atoms with Crippen LogP contribution in [-0.4, -0.2) is 25.8 Å². The number of hydrogen-bond acceptors (Lipinski definition) is 5. The van der Waals surface area contributed by atoms with Crippen molar-refractivity contribution in [1.82, 2.24) is 19.7 Å². The topological polar surface area (TPSA) is 94.0 Å². The van der Waals surface area contributed by atoms with Crippen LogP contribution in [0.15, 0.2) is 48.5 Å². The number of aromatic nitrogens is 4. The molecule has 2 N–H and O–H groups in total. The Bertz CT molecular complexity index is 1370. The van der Waals surface area contributed by atoms with E-state index in [1.807, 2.05) is 20.8 Å². The molecular formula is C24H22ClFN6O2. The molecule has 0 unspecified atom stereocenters. The van der Waals surface area contributed by atoms with Crippen molar-refractivity contribution in [2.24, 2.45) is 0 Å². The molecule has 2 aromatic carbocycles. The van der Waals surface area contributed by atoms with E-state index >= 15 is 0 Å². The Kier molecular flexibility index (Phi) is 6.47. The van der Waals surface area contributed by atoms with Gasteiger partial charge >= 0.3 is 6.03 Å². The van der Waals surface area contributed by atoms with E-state index in [0.29, 0.717) is 34.6 Å². The summed E-state index contributed by atoms with van der Waals surface area (Å²) in [5, 5.41) is 9.76. The lowest BCUT2D eigenvalue weighted by Gasteiger charge is -2.11. The van der Waals surface area contributed by atoms with Crippen molar-refractivity contribution in [3.63, 3.8) is 0 Å². The van der Waals surface area contributed by atoms with Crippen molar-refractivity contribution < 1.29 is 13.9 Å². The summed E-state index contributed by atoms with van der Waals surface area (Å²) in [7, 11) is 0. The molecule has 2 aromatic heterocycles. The van der Waals surface area contributed by atoms with E-state index in [-0.39, 0.29) is 5.02 Å². The molecule has 10 heteroatoms. The van der Waals surface area contributed by atoms with Gasteiger partial charge in [0.15, 0.2) is 5.82 Å². The van der Waals surface area contributed by atoms with E-state index in [9.17, 15) is 9.18 Å². The molecule has 0 fully saturated rings. The number of carbonyl (C=O) groups is 1. The quantitative estimate of drug-likeness (QED) is 0.358. The highest BCUT2D eigenvalue weighted by Gasteiger charge is 2.13. The van der Waals surface area contributed by atoms with Crippen LogP contribution in [0.5, 0.6) is 11.6 Å². The second-order valence-corrected chi connectivity index (χ2v) is 8.06. The van der Waals surface area contributed by atoms with Gasteiger partial charge in [-0.05, 0) is 75.7 Å². The minimum atomic E-state index is -0.556. The number of halogens is 2. The van der Waals surface area contributed by atoms with Crippen LogP contribution in [0, 0.1) is 33.5 Å². The van der Waals surface area contributed by atoms with Crippen molar-refractivity contribution in [3.05, 3.63) is 82.1 Å². The summed E-state index contributed by atoms with van der Waals surface area (Å²) in [5.74, 6) is 1.52. The zero-order chi connectivity index (χ0) is 24.4. The number of amides is 2. The summed E-state index contributed by atoms with van der Waals surface area (Å²) >= 11 is 5.74. The van der Waals surface area contributed by atoms with Gasteiger partial charge in [0.05, 0.1) is 10.7 Å². The van der Waals surface area contributed by atoms with Crippen LogP contribution >= 0.6 is 11.6 Å². The smallest absolute Gasteiger partial charge is 0.323 e. The molecule has 4 rings (SSSR count). The number of carbonyl (C=O) groups excluding carboxylic acids is 1. The van der Waals surface area contributed by atoms with E-state index in [0.717, 1.165) is 17.0 Å². The Morgan fingerprint density at radius 3 is 2.29 bits per heavy atom. The number of ether oxygens (including phenoxy) is 1. The van der Waals surface area contributed by atoms with Crippen molar-refractivity contribution in [1.29, 1.82) is 0 Å². The Labute approximate surface area is 200 Å². The van der Waals surface area contributed by atoms with Gasteiger partial charge in [-0.15, -0.1) is 0 Å². The zero-order valence-electron chi connectivity index (χ0n) is 19.0. The third-order valence-electron chi connectivity index (χ3n) is 5.18. The van der Waals surface area contributed by atoms with Crippen molar-refractivity contribution >= 4 is 29.0 Å². The lowest BCUT2D eigenvalue weighted by Crippen LogP contribution is -2.19. The van der Waals surface area contributed by atoms with Gasteiger partial charge in [0.1, 0.15) is 17.4 Å². The summed E-state index contributed by atoms with van der Waals surface area (Å²) in [5.41, 5.74) is 3.95.